The molecule has 10 nitrogen and oxygen atoms in total. The number of phosphoric acid groups is 1. The second-order valence-electron chi connectivity index (χ2n) is 15.4. The smallest absolute Gasteiger partial charge is 0.462 e. The predicted octanol–water partition coefficient (Wildman–Crippen LogP) is 12.5. The molecule has 338 valence electrons. The van der Waals surface area contributed by atoms with Crippen molar-refractivity contribution in [3.8, 4) is 0 Å². The quantitative estimate of drug-likeness (QED) is 0.0234. The Morgan fingerprint density at radius 3 is 1.40 bits per heavy atom. The maximum atomic E-state index is 12.6. The minimum atomic E-state index is -4.63. The highest BCUT2D eigenvalue weighted by molar-refractivity contribution is 7.47. The molecule has 0 spiro atoms. The summed E-state index contributed by atoms with van der Waals surface area (Å²) in [7, 11) is -4.63. The summed E-state index contributed by atoms with van der Waals surface area (Å²) in [5, 5.41) is 18.3. The maximum Gasteiger partial charge on any atom is 0.472 e. The molecule has 0 aromatic rings. The first-order valence-electron chi connectivity index (χ1n) is 23.1. The third-order valence-corrected chi connectivity index (χ3v) is 10.7. The molecule has 58 heavy (non-hydrogen) atoms. The summed E-state index contributed by atoms with van der Waals surface area (Å²) in [6, 6.07) is 0. The van der Waals surface area contributed by atoms with E-state index in [1.807, 2.05) is 6.08 Å². The lowest BCUT2D eigenvalue weighted by atomic mass is 10.0. The van der Waals surface area contributed by atoms with E-state index in [-0.39, 0.29) is 19.4 Å². The van der Waals surface area contributed by atoms with Gasteiger partial charge in [0, 0.05) is 12.8 Å². The van der Waals surface area contributed by atoms with Crippen molar-refractivity contribution < 1.29 is 47.8 Å². The summed E-state index contributed by atoms with van der Waals surface area (Å²) in [5.41, 5.74) is 0. The molecule has 0 bridgehead atoms. The van der Waals surface area contributed by atoms with Crippen molar-refractivity contribution in [1.29, 1.82) is 0 Å². The highest BCUT2D eigenvalue weighted by Crippen LogP contribution is 2.43. The molecule has 0 heterocycles. The maximum absolute atomic E-state index is 12.6. The Labute approximate surface area is 353 Å². The third-order valence-electron chi connectivity index (χ3n) is 9.74. The number of carbonyl (C=O) groups excluding carboxylic acids is 2. The van der Waals surface area contributed by atoms with Crippen LogP contribution in [0.1, 0.15) is 200 Å². The number of aliphatic hydroxyl groups excluding tert-OH is 2. The van der Waals surface area contributed by atoms with E-state index in [0.29, 0.717) is 19.3 Å². The average molecular weight is 841 g/mol. The zero-order chi connectivity index (χ0) is 42.6. The van der Waals surface area contributed by atoms with E-state index < -0.39 is 51.8 Å². The summed E-state index contributed by atoms with van der Waals surface area (Å²) < 4.78 is 32.7. The molecule has 0 fully saturated rings. The number of aliphatic hydroxyl groups is 2. The van der Waals surface area contributed by atoms with Crippen molar-refractivity contribution in [3.63, 3.8) is 0 Å². The van der Waals surface area contributed by atoms with Crippen molar-refractivity contribution >= 4 is 19.8 Å². The number of carbonyl (C=O) groups is 2. The lowest BCUT2D eigenvalue weighted by Gasteiger charge is -2.20. The Balaban J connectivity index is 4.33. The first-order valence-corrected chi connectivity index (χ1v) is 24.6. The Morgan fingerprint density at radius 1 is 0.517 bits per heavy atom. The van der Waals surface area contributed by atoms with E-state index in [0.717, 1.165) is 38.5 Å². The van der Waals surface area contributed by atoms with Gasteiger partial charge >= 0.3 is 19.8 Å². The van der Waals surface area contributed by atoms with Gasteiger partial charge < -0.3 is 24.6 Å². The molecule has 3 N–H and O–H groups in total. The van der Waals surface area contributed by atoms with E-state index in [4.69, 9.17) is 19.1 Å². The van der Waals surface area contributed by atoms with E-state index in [2.05, 4.69) is 60.9 Å². The van der Waals surface area contributed by atoms with Crippen LogP contribution in [0.25, 0.3) is 0 Å². The van der Waals surface area contributed by atoms with Crippen LogP contribution in [-0.4, -0.2) is 65.7 Å². The first-order chi connectivity index (χ1) is 28.2. The summed E-state index contributed by atoms with van der Waals surface area (Å²) in [5.74, 6) is -0.986. The van der Waals surface area contributed by atoms with Gasteiger partial charge in [0.2, 0.25) is 0 Å². The molecular formula is C47H85O10P. The molecule has 3 atom stereocenters. The number of rotatable bonds is 43. The van der Waals surface area contributed by atoms with E-state index in [1.165, 1.54) is 116 Å². The molecule has 0 saturated carbocycles. The number of phosphoric ester groups is 1. The predicted molar refractivity (Wildman–Crippen MR) is 237 cm³/mol. The number of esters is 2. The topological polar surface area (TPSA) is 149 Å². The monoisotopic (exact) mass is 841 g/mol. The van der Waals surface area contributed by atoms with Crippen LogP contribution in [-0.2, 0) is 32.7 Å². The van der Waals surface area contributed by atoms with Crippen molar-refractivity contribution in [2.75, 3.05) is 26.4 Å². The lowest BCUT2D eigenvalue weighted by Crippen LogP contribution is -2.29. The summed E-state index contributed by atoms with van der Waals surface area (Å²) in [6.07, 6.45) is 46.6. The molecule has 0 amide bonds. The van der Waals surface area contributed by atoms with Gasteiger partial charge in [-0.25, -0.2) is 4.57 Å². The van der Waals surface area contributed by atoms with Crippen LogP contribution in [0.15, 0.2) is 48.6 Å². The van der Waals surface area contributed by atoms with Crippen molar-refractivity contribution in [2.24, 2.45) is 0 Å². The van der Waals surface area contributed by atoms with Gasteiger partial charge in [-0.2, -0.15) is 0 Å². The zero-order valence-electron chi connectivity index (χ0n) is 36.8. The van der Waals surface area contributed by atoms with Crippen LogP contribution in [0.5, 0.6) is 0 Å². The van der Waals surface area contributed by atoms with Gasteiger partial charge in [0.15, 0.2) is 6.10 Å². The second-order valence-corrected chi connectivity index (χ2v) is 16.9. The molecule has 11 heteroatoms. The number of ether oxygens (including phenoxy) is 2. The fraction of sp³-hybridized carbons (Fsp3) is 0.787. The summed E-state index contributed by atoms with van der Waals surface area (Å²) in [6.45, 7) is 2.33. The van der Waals surface area contributed by atoms with Crippen LogP contribution in [0.2, 0.25) is 0 Å². The van der Waals surface area contributed by atoms with Crippen LogP contribution in [0, 0.1) is 0 Å². The SMILES string of the molecule is CCCCCCCCC/C=C/C/C=C/C/C=C/C/C=C/CCCC(=O)OC[C@@H](COP(=O)(O)OC[C@H](O)CO)OC(=O)CCCCCCCCCCCCCCCC. The Kier molecular flexibility index (Phi) is 41.5. The third kappa shape index (κ3) is 42.1. The van der Waals surface area contributed by atoms with Gasteiger partial charge in [-0.1, -0.05) is 184 Å². The molecule has 0 rings (SSSR count). The molecule has 0 aliphatic rings. The van der Waals surface area contributed by atoms with Crippen LogP contribution < -0.4 is 0 Å². The van der Waals surface area contributed by atoms with E-state index >= 15 is 0 Å². The number of hydrogen-bond donors (Lipinski definition) is 3. The largest absolute Gasteiger partial charge is 0.472 e. The van der Waals surface area contributed by atoms with Gasteiger partial charge in [-0.3, -0.25) is 18.6 Å². The van der Waals surface area contributed by atoms with E-state index in [1.54, 1.807) is 0 Å². The zero-order valence-corrected chi connectivity index (χ0v) is 37.6. The number of allylic oxidation sites excluding steroid dienone is 8. The molecule has 0 radical (unpaired) electrons. The van der Waals surface area contributed by atoms with Crippen LogP contribution in [0.3, 0.4) is 0 Å². The van der Waals surface area contributed by atoms with Crippen molar-refractivity contribution in [1.82, 2.24) is 0 Å². The Bertz CT molecular complexity index is 1110. The van der Waals surface area contributed by atoms with Gasteiger partial charge in [0.25, 0.3) is 0 Å². The van der Waals surface area contributed by atoms with Gasteiger partial charge in [0.05, 0.1) is 19.8 Å². The Hall–Kier alpha value is -2.07. The normalized spacial score (nSPS) is 14.2. The fourth-order valence-electron chi connectivity index (χ4n) is 6.16. The number of unbranched alkanes of at least 4 members (excludes halogenated alkanes) is 21. The Morgan fingerprint density at radius 2 is 0.914 bits per heavy atom. The molecule has 0 aliphatic heterocycles. The molecule has 0 aliphatic carbocycles. The standard InChI is InChI=1S/C47H85O10P/c1-3-5-7-9-11-13-15-17-19-20-21-22-23-24-25-27-28-30-32-34-36-38-46(50)54-42-45(43-56-58(52,53)55-41-44(49)40-48)57-47(51)39-37-35-33-31-29-26-18-16-14-12-10-8-6-4-2/h19-20,22-23,25,27,30,32,44-45,48-49H,3-18,21,24,26,28-29,31,33-43H2,1-2H3,(H,52,53)/b20-19+,23-22+,27-25+,32-30+/t44-,45+/m1/s1. The first kappa shape index (κ1) is 55.9. The molecule has 1 unspecified atom stereocenters. The molecule has 0 aromatic carbocycles. The van der Waals surface area contributed by atoms with Crippen LogP contribution in [0.4, 0.5) is 0 Å². The highest BCUT2D eigenvalue weighted by Gasteiger charge is 2.27. The number of hydrogen-bond acceptors (Lipinski definition) is 9. The van der Waals surface area contributed by atoms with Crippen LogP contribution >= 0.6 is 7.82 Å². The lowest BCUT2D eigenvalue weighted by molar-refractivity contribution is -0.161. The second kappa shape index (κ2) is 43.0. The van der Waals surface area contributed by atoms with Gasteiger partial charge in [-0.05, 0) is 51.4 Å². The summed E-state index contributed by atoms with van der Waals surface area (Å²) >= 11 is 0. The highest BCUT2D eigenvalue weighted by atomic mass is 31.2. The molecular weight excluding hydrogens is 755 g/mol. The average Bonchev–Trinajstić information content (AvgIpc) is 3.21. The van der Waals surface area contributed by atoms with Gasteiger partial charge in [0.1, 0.15) is 12.7 Å². The van der Waals surface area contributed by atoms with Gasteiger partial charge in [-0.15, -0.1) is 0 Å². The minimum Gasteiger partial charge on any atom is -0.462 e. The molecule has 0 saturated heterocycles. The van der Waals surface area contributed by atoms with Crippen molar-refractivity contribution in [3.05, 3.63) is 48.6 Å². The summed E-state index contributed by atoms with van der Waals surface area (Å²) in [4.78, 5) is 35.0. The van der Waals surface area contributed by atoms with Crippen molar-refractivity contribution in [2.45, 2.75) is 212 Å². The molecule has 0 aromatic heterocycles. The van der Waals surface area contributed by atoms with E-state index in [9.17, 15) is 24.2 Å². The minimum absolute atomic E-state index is 0.166. The fourth-order valence-corrected chi connectivity index (χ4v) is 6.95.